The number of carbonyl (C=O) groups is 2. The minimum Gasteiger partial charge on any atom is -0.481 e. The predicted octanol–water partition coefficient (Wildman–Crippen LogP) is -0.740. The normalized spacial score (nSPS) is 11.5. The van der Waals surface area contributed by atoms with E-state index in [1.807, 2.05) is 13.8 Å². The Labute approximate surface area is 76.0 Å². The molecular formula is C7H15NO5. The highest BCUT2D eigenvalue weighted by Gasteiger charge is 2.16. The molecule has 78 valence electrons. The third-order valence-electron chi connectivity index (χ3n) is 0.653. The van der Waals surface area contributed by atoms with Gasteiger partial charge in [-0.25, -0.2) is 4.79 Å². The van der Waals surface area contributed by atoms with Crippen molar-refractivity contribution in [3.63, 3.8) is 0 Å². The molecule has 0 aromatic carbocycles. The number of aliphatic hydroxyl groups excluding tert-OH is 1. The van der Waals surface area contributed by atoms with Crippen molar-refractivity contribution in [2.75, 3.05) is 0 Å². The molecule has 0 aromatic heterocycles. The van der Waals surface area contributed by atoms with Gasteiger partial charge in [-0.15, -0.1) is 0 Å². The highest BCUT2D eigenvalue weighted by Crippen LogP contribution is 1.89. The summed E-state index contributed by atoms with van der Waals surface area (Å²) in [5.41, 5.74) is 5.11. The van der Waals surface area contributed by atoms with E-state index in [0.29, 0.717) is 6.04 Å². The fraction of sp³-hybridized carbons (Fsp3) is 0.714. The van der Waals surface area contributed by atoms with Crippen LogP contribution in [-0.4, -0.2) is 39.4 Å². The smallest absolute Gasteiger partial charge is 0.333 e. The van der Waals surface area contributed by atoms with E-state index in [1.165, 1.54) is 0 Å². The number of carboxylic acid groups (broad SMARTS) is 2. The molecule has 1 unspecified atom stereocenters. The third kappa shape index (κ3) is 18.1. The van der Waals surface area contributed by atoms with Gasteiger partial charge >= 0.3 is 11.9 Å². The molecule has 0 rings (SSSR count). The maximum atomic E-state index is 9.72. The molecule has 0 amide bonds. The molecule has 6 heteroatoms. The summed E-state index contributed by atoms with van der Waals surface area (Å²) >= 11 is 0. The van der Waals surface area contributed by atoms with Gasteiger partial charge in [0, 0.05) is 0 Å². The van der Waals surface area contributed by atoms with Crippen LogP contribution in [0.4, 0.5) is 0 Å². The zero-order chi connectivity index (χ0) is 11.0. The van der Waals surface area contributed by atoms with Crippen LogP contribution in [-0.2, 0) is 9.59 Å². The van der Waals surface area contributed by atoms with E-state index >= 15 is 0 Å². The summed E-state index contributed by atoms with van der Waals surface area (Å²) in [6, 6.07) is 0.333. The van der Waals surface area contributed by atoms with Crippen LogP contribution in [0.15, 0.2) is 0 Å². The van der Waals surface area contributed by atoms with Gasteiger partial charge in [0.15, 0.2) is 6.10 Å². The van der Waals surface area contributed by atoms with Crippen LogP contribution >= 0.6 is 0 Å². The topological polar surface area (TPSA) is 121 Å². The molecule has 0 aliphatic carbocycles. The van der Waals surface area contributed by atoms with Crippen molar-refractivity contribution in [2.45, 2.75) is 32.4 Å². The summed E-state index contributed by atoms with van der Waals surface area (Å²) in [4.78, 5) is 19.4. The van der Waals surface area contributed by atoms with Crippen LogP contribution in [0, 0.1) is 0 Å². The second kappa shape index (κ2) is 7.51. The fourth-order valence-electron chi connectivity index (χ4n) is 0.253. The molecule has 0 aliphatic rings. The molecule has 1 atom stereocenters. The number of hydrogen-bond acceptors (Lipinski definition) is 4. The molecule has 0 aromatic rings. The van der Waals surface area contributed by atoms with Crippen molar-refractivity contribution in [1.29, 1.82) is 0 Å². The average molecular weight is 193 g/mol. The first kappa shape index (κ1) is 14.4. The summed E-state index contributed by atoms with van der Waals surface area (Å²) in [5, 5.41) is 24.1. The molecule has 0 bridgehead atoms. The molecule has 0 saturated carbocycles. The van der Waals surface area contributed by atoms with Crippen LogP contribution in [0.5, 0.6) is 0 Å². The van der Waals surface area contributed by atoms with Gasteiger partial charge in [-0.05, 0) is 6.04 Å². The summed E-state index contributed by atoms with van der Waals surface area (Å²) in [5.74, 6) is -2.85. The Balaban J connectivity index is 0. The Morgan fingerprint density at radius 1 is 1.31 bits per heavy atom. The van der Waals surface area contributed by atoms with Crippen LogP contribution in [0.3, 0.4) is 0 Å². The molecule has 0 saturated heterocycles. The van der Waals surface area contributed by atoms with Crippen molar-refractivity contribution in [1.82, 2.24) is 0 Å². The van der Waals surface area contributed by atoms with Crippen LogP contribution in [0.1, 0.15) is 20.3 Å². The van der Waals surface area contributed by atoms with Crippen molar-refractivity contribution in [2.24, 2.45) is 5.73 Å². The predicted molar refractivity (Wildman–Crippen MR) is 45.2 cm³/mol. The van der Waals surface area contributed by atoms with Gasteiger partial charge < -0.3 is 21.1 Å². The van der Waals surface area contributed by atoms with E-state index in [-0.39, 0.29) is 0 Å². The van der Waals surface area contributed by atoms with Crippen LogP contribution in [0.25, 0.3) is 0 Å². The number of hydrogen-bond donors (Lipinski definition) is 4. The van der Waals surface area contributed by atoms with E-state index in [9.17, 15) is 9.59 Å². The van der Waals surface area contributed by atoms with Crippen molar-refractivity contribution < 1.29 is 24.9 Å². The third-order valence-corrected chi connectivity index (χ3v) is 0.653. The molecule has 0 aliphatic heterocycles. The Kier molecular flexibility index (Phi) is 8.31. The number of aliphatic hydroxyl groups is 1. The Hall–Kier alpha value is -1.14. The van der Waals surface area contributed by atoms with Gasteiger partial charge in [0.25, 0.3) is 0 Å². The minimum atomic E-state index is -1.79. The molecule has 0 spiro atoms. The summed E-state index contributed by atoms with van der Waals surface area (Å²) in [7, 11) is 0. The monoisotopic (exact) mass is 193 g/mol. The minimum absolute atomic E-state index is 0.333. The Morgan fingerprint density at radius 2 is 1.62 bits per heavy atom. The number of rotatable bonds is 3. The maximum Gasteiger partial charge on any atom is 0.333 e. The number of nitrogens with two attached hydrogens (primary N) is 1. The first-order valence-corrected chi connectivity index (χ1v) is 3.65. The maximum absolute atomic E-state index is 9.72. The molecule has 0 radical (unpaired) electrons. The lowest BCUT2D eigenvalue weighted by molar-refractivity contribution is -0.152. The van der Waals surface area contributed by atoms with E-state index in [1.54, 1.807) is 0 Å². The Morgan fingerprint density at radius 3 is 1.69 bits per heavy atom. The van der Waals surface area contributed by atoms with Gasteiger partial charge in [0.2, 0.25) is 0 Å². The lowest BCUT2D eigenvalue weighted by Crippen LogP contribution is -2.22. The largest absolute Gasteiger partial charge is 0.481 e. The quantitative estimate of drug-likeness (QED) is 0.468. The molecule has 5 N–H and O–H groups in total. The molecular weight excluding hydrogens is 178 g/mol. The van der Waals surface area contributed by atoms with Gasteiger partial charge in [-0.3, -0.25) is 4.79 Å². The number of carboxylic acids is 2. The highest BCUT2D eigenvalue weighted by molar-refractivity contribution is 5.79. The van der Waals surface area contributed by atoms with Gasteiger partial charge in [-0.2, -0.15) is 0 Å². The van der Waals surface area contributed by atoms with Gasteiger partial charge in [-0.1, -0.05) is 13.8 Å². The summed E-state index contributed by atoms with van der Waals surface area (Å²) in [6.07, 6.45) is -2.54. The molecule has 13 heavy (non-hydrogen) atoms. The standard InChI is InChI=1S/C4H6O5.C3H9N/c5-2(4(8)9)1-3(6)7;1-3(2)4/h2,5H,1H2,(H,6,7)(H,8,9);3H,4H2,1-2H3. The number of aliphatic carboxylic acids is 2. The summed E-state index contributed by atoms with van der Waals surface area (Å²) in [6.45, 7) is 3.89. The highest BCUT2D eigenvalue weighted by atomic mass is 16.4. The zero-order valence-corrected chi connectivity index (χ0v) is 7.60. The first-order valence-electron chi connectivity index (χ1n) is 3.65. The lowest BCUT2D eigenvalue weighted by atomic mass is 10.3. The molecule has 0 heterocycles. The second-order valence-corrected chi connectivity index (χ2v) is 2.70. The van der Waals surface area contributed by atoms with E-state index in [2.05, 4.69) is 0 Å². The van der Waals surface area contributed by atoms with Crippen molar-refractivity contribution in [3.8, 4) is 0 Å². The molecule has 6 nitrogen and oxygen atoms in total. The fourth-order valence-corrected chi connectivity index (χ4v) is 0.253. The molecule has 0 fully saturated rings. The van der Waals surface area contributed by atoms with Gasteiger partial charge in [0.1, 0.15) is 0 Å². The summed E-state index contributed by atoms with van der Waals surface area (Å²) < 4.78 is 0. The zero-order valence-electron chi connectivity index (χ0n) is 7.60. The Bertz CT molecular complexity index is 166. The van der Waals surface area contributed by atoms with Crippen LogP contribution < -0.4 is 5.73 Å². The SMILES string of the molecule is CC(C)N.O=C(O)CC(O)C(=O)O. The first-order chi connectivity index (χ1) is 5.77. The van der Waals surface area contributed by atoms with E-state index in [0.717, 1.165) is 0 Å². The lowest BCUT2D eigenvalue weighted by Gasteiger charge is -1.97. The van der Waals surface area contributed by atoms with Crippen LogP contribution in [0.2, 0.25) is 0 Å². The van der Waals surface area contributed by atoms with Crippen molar-refractivity contribution in [3.05, 3.63) is 0 Å². The second-order valence-electron chi connectivity index (χ2n) is 2.70. The average Bonchev–Trinajstić information content (AvgIpc) is 1.83. The van der Waals surface area contributed by atoms with Gasteiger partial charge in [0.05, 0.1) is 6.42 Å². The van der Waals surface area contributed by atoms with Crippen molar-refractivity contribution >= 4 is 11.9 Å². The van der Waals surface area contributed by atoms with E-state index in [4.69, 9.17) is 21.1 Å². The van der Waals surface area contributed by atoms with E-state index < -0.39 is 24.5 Å².